The Balaban J connectivity index is 1.54. The number of carbonyl (C=O) groups excluding carboxylic acids is 1. The maximum Gasteiger partial charge on any atom is 0.287 e. The highest BCUT2D eigenvalue weighted by Gasteiger charge is 2.25. The van der Waals surface area contributed by atoms with E-state index in [9.17, 15) is 4.79 Å². The molecule has 1 atom stereocenters. The number of rotatable bonds is 7. The first-order chi connectivity index (χ1) is 16.6. The molecule has 172 valence electrons. The largest absolute Gasteiger partial charge is 0.493 e. The summed E-state index contributed by atoms with van der Waals surface area (Å²) in [6, 6.07) is 21.6. The minimum absolute atomic E-state index is 0.185. The van der Waals surface area contributed by atoms with Crippen LogP contribution < -0.4 is 14.8 Å². The van der Waals surface area contributed by atoms with Gasteiger partial charge in [0.25, 0.3) is 5.91 Å². The molecule has 0 saturated carbocycles. The zero-order valence-corrected chi connectivity index (χ0v) is 19.3. The van der Waals surface area contributed by atoms with Crippen molar-refractivity contribution in [3.05, 3.63) is 95.4 Å². The van der Waals surface area contributed by atoms with E-state index in [1.165, 1.54) is 0 Å². The second kappa shape index (κ2) is 8.98. The lowest BCUT2D eigenvalue weighted by molar-refractivity contribution is 0.0926. The lowest BCUT2D eigenvalue weighted by Gasteiger charge is -2.21. The van der Waals surface area contributed by atoms with E-state index in [1.54, 1.807) is 14.2 Å². The summed E-state index contributed by atoms with van der Waals surface area (Å²) in [5.41, 5.74) is 4.55. The number of hydrogen-bond donors (Lipinski definition) is 2. The molecule has 2 N–H and O–H groups in total. The number of carbonyl (C=O) groups is 1. The third-order valence-corrected chi connectivity index (χ3v) is 6.32. The van der Waals surface area contributed by atoms with Crippen molar-refractivity contribution in [1.29, 1.82) is 0 Å². The molecular formula is C28H26N2O4. The number of ether oxygens (including phenoxy) is 2. The van der Waals surface area contributed by atoms with E-state index in [0.717, 1.165) is 33.0 Å². The van der Waals surface area contributed by atoms with E-state index < -0.39 is 0 Å². The lowest BCUT2D eigenvalue weighted by Crippen LogP contribution is -2.29. The van der Waals surface area contributed by atoms with Gasteiger partial charge in [0, 0.05) is 46.1 Å². The van der Waals surface area contributed by atoms with Crippen LogP contribution in [0.5, 0.6) is 11.5 Å². The maximum absolute atomic E-state index is 13.2. The van der Waals surface area contributed by atoms with Crippen molar-refractivity contribution in [2.75, 3.05) is 20.8 Å². The van der Waals surface area contributed by atoms with Crippen LogP contribution in [0, 0.1) is 6.92 Å². The summed E-state index contributed by atoms with van der Waals surface area (Å²) >= 11 is 0. The van der Waals surface area contributed by atoms with Crippen molar-refractivity contribution in [2.24, 2.45) is 0 Å². The third kappa shape index (κ3) is 3.67. The Labute approximate surface area is 197 Å². The topological polar surface area (TPSA) is 76.5 Å². The summed E-state index contributed by atoms with van der Waals surface area (Å²) in [7, 11) is 3.25. The van der Waals surface area contributed by atoms with Crippen LogP contribution in [0.1, 0.15) is 33.2 Å². The van der Waals surface area contributed by atoms with Crippen molar-refractivity contribution in [2.45, 2.75) is 12.8 Å². The molecule has 34 heavy (non-hydrogen) atoms. The molecule has 0 fully saturated rings. The lowest BCUT2D eigenvalue weighted by atomic mass is 9.89. The highest BCUT2D eigenvalue weighted by atomic mass is 16.5. The molecule has 1 unspecified atom stereocenters. The van der Waals surface area contributed by atoms with Gasteiger partial charge in [-0.2, -0.15) is 0 Å². The number of amides is 1. The summed E-state index contributed by atoms with van der Waals surface area (Å²) in [5.74, 6) is 1.19. The van der Waals surface area contributed by atoms with E-state index in [-0.39, 0.29) is 11.8 Å². The average Bonchev–Trinajstić information content (AvgIpc) is 3.45. The van der Waals surface area contributed by atoms with Gasteiger partial charge < -0.3 is 24.2 Å². The predicted octanol–water partition coefficient (Wildman–Crippen LogP) is 5.80. The van der Waals surface area contributed by atoms with Crippen molar-refractivity contribution in [3.63, 3.8) is 0 Å². The molecule has 0 spiro atoms. The van der Waals surface area contributed by atoms with Gasteiger partial charge in [0.15, 0.2) is 17.3 Å². The molecular weight excluding hydrogens is 428 g/mol. The van der Waals surface area contributed by atoms with Crippen LogP contribution >= 0.6 is 0 Å². The SMILES string of the molecule is COc1cccc(C(CNC(=O)c2oc3ccccc3c2C)c2c[nH]c3ccccc23)c1OC. The maximum atomic E-state index is 13.2. The highest BCUT2D eigenvalue weighted by Crippen LogP contribution is 2.40. The number of aromatic nitrogens is 1. The number of benzene rings is 3. The van der Waals surface area contributed by atoms with Crippen LogP contribution in [-0.2, 0) is 0 Å². The summed E-state index contributed by atoms with van der Waals surface area (Å²) in [4.78, 5) is 16.6. The molecule has 0 saturated heterocycles. The van der Waals surface area contributed by atoms with Crippen molar-refractivity contribution < 1.29 is 18.7 Å². The van der Waals surface area contributed by atoms with Crippen molar-refractivity contribution in [3.8, 4) is 11.5 Å². The number of aryl methyl sites for hydroxylation is 1. The fraction of sp³-hybridized carbons (Fsp3) is 0.179. The van der Waals surface area contributed by atoms with Gasteiger partial charge in [-0.3, -0.25) is 4.79 Å². The molecule has 2 aromatic heterocycles. The van der Waals surface area contributed by atoms with E-state index >= 15 is 0 Å². The number of para-hydroxylation sites is 3. The molecule has 5 aromatic rings. The molecule has 6 nitrogen and oxygen atoms in total. The van der Waals surface area contributed by atoms with Gasteiger partial charge >= 0.3 is 0 Å². The van der Waals surface area contributed by atoms with Crippen molar-refractivity contribution >= 4 is 27.8 Å². The number of methoxy groups -OCH3 is 2. The summed E-state index contributed by atoms with van der Waals surface area (Å²) < 4.78 is 17.2. The standard InChI is InChI=1S/C28H26N2O4/c1-17-18-9-5-7-13-24(18)34-26(17)28(31)30-16-22(20-11-8-14-25(32-2)27(20)33-3)21-15-29-23-12-6-4-10-19(21)23/h4-15,22,29H,16H2,1-3H3,(H,30,31). The Morgan fingerprint density at radius 1 is 0.941 bits per heavy atom. The zero-order chi connectivity index (χ0) is 23.7. The normalized spacial score (nSPS) is 12.1. The molecule has 0 radical (unpaired) electrons. The van der Waals surface area contributed by atoms with E-state index in [2.05, 4.69) is 16.4 Å². The Morgan fingerprint density at radius 3 is 2.47 bits per heavy atom. The minimum atomic E-state index is -0.250. The molecule has 0 aliphatic carbocycles. The van der Waals surface area contributed by atoms with Crippen LogP contribution in [0.15, 0.2) is 77.3 Å². The fourth-order valence-electron chi connectivity index (χ4n) is 4.62. The first kappa shape index (κ1) is 21.6. The van der Waals surface area contributed by atoms with Crippen LogP contribution in [0.3, 0.4) is 0 Å². The number of furan rings is 1. The first-order valence-electron chi connectivity index (χ1n) is 11.2. The monoisotopic (exact) mass is 454 g/mol. The summed E-state index contributed by atoms with van der Waals surface area (Å²) in [6.07, 6.45) is 1.99. The van der Waals surface area contributed by atoms with E-state index in [4.69, 9.17) is 13.9 Å². The van der Waals surface area contributed by atoms with Gasteiger partial charge in [-0.1, -0.05) is 48.5 Å². The smallest absolute Gasteiger partial charge is 0.287 e. The molecule has 5 rings (SSSR count). The first-order valence-corrected chi connectivity index (χ1v) is 11.2. The van der Waals surface area contributed by atoms with Gasteiger partial charge in [0.1, 0.15) is 5.58 Å². The van der Waals surface area contributed by atoms with Crippen molar-refractivity contribution in [1.82, 2.24) is 10.3 Å². The molecule has 1 amide bonds. The molecule has 0 aliphatic rings. The van der Waals surface area contributed by atoms with Crippen LogP contribution in [0.2, 0.25) is 0 Å². The molecule has 3 aromatic carbocycles. The predicted molar refractivity (Wildman–Crippen MR) is 133 cm³/mol. The van der Waals surface area contributed by atoms with Gasteiger partial charge in [-0.25, -0.2) is 0 Å². The quantitative estimate of drug-likeness (QED) is 0.326. The summed E-state index contributed by atoms with van der Waals surface area (Å²) in [6.45, 7) is 2.25. The number of fused-ring (bicyclic) bond motifs is 2. The second-order valence-corrected chi connectivity index (χ2v) is 8.19. The van der Waals surface area contributed by atoms with Crippen LogP contribution in [0.4, 0.5) is 0 Å². The average molecular weight is 455 g/mol. The summed E-state index contributed by atoms with van der Waals surface area (Å²) in [5, 5.41) is 5.13. The second-order valence-electron chi connectivity index (χ2n) is 8.19. The number of nitrogens with one attached hydrogen (secondary N) is 2. The fourth-order valence-corrected chi connectivity index (χ4v) is 4.62. The minimum Gasteiger partial charge on any atom is -0.493 e. The molecule has 2 heterocycles. The Kier molecular flexibility index (Phi) is 5.72. The molecule has 0 bridgehead atoms. The van der Waals surface area contributed by atoms with Crippen LogP contribution in [-0.4, -0.2) is 31.7 Å². The van der Waals surface area contributed by atoms with E-state index in [1.807, 2.05) is 73.8 Å². The van der Waals surface area contributed by atoms with Gasteiger partial charge in [-0.05, 0) is 30.7 Å². The number of aromatic amines is 1. The highest BCUT2D eigenvalue weighted by molar-refractivity contribution is 5.99. The molecule has 0 aliphatic heterocycles. The third-order valence-electron chi connectivity index (χ3n) is 6.32. The Hall–Kier alpha value is -4.19. The van der Waals surface area contributed by atoms with Crippen LogP contribution in [0.25, 0.3) is 21.9 Å². The van der Waals surface area contributed by atoms with Gasteiger partial charge in [0.2, 0.25) is 0 Å². The van der Waals surface area contributed by atoms with E-state index in [0.29, 0.717) is 29.4 Å². The number of H-pyrrole nitrogens is 1. The Morgan fingerprint density at radius 2 is 1.71 bits per heavy atom. The molecule has 6 heteroatoms. The van der Waals surface area contributed by atoms with Gasteiger partial charge in [0.05, 0.1) is 14.2 Å². The van der Waals surface area contributed by atoms with Gasteiger partial charge in [-0.15, -0.1) is 0 Å². The Bertz CT molecular complexity index is 1480. The zero-order valence-electron chi connectivity index (χ0n) is 19.3. The number of hydrogen-bond acceptors (Lipinski definition) is 4.